The highest BCUT2D eigenvalue weighted by Crippen LogP contribution is 2.24. The summed E-state index contributed by atoms with van der Waals surface area (Å²) in [5.41, 5.74) is 4.08. The maximum atomic E-state index is 13.8. The molecule has 2 aromatic rings. The van der Waals surface area contributed by atoms with Crippen molar-refractivity contribution in [3.8, 4) is 0 Å². The lowest BCUT2D eigenvalue weighted by atomic mass is 9.93. The van der Waals surface area contributed by atoms with E-state index >= 15 is 0 Å². The first-order valence-electron chi connectivity index (χ1n) is 6.70. The van der Waals surface area contributed by atoms with Crippen molar-refractivity contribution in [1.29, 1.82) is 0 Å². The third kappa shape index (κ3) is 3.05. The second-order valence-corrected chi connectivity index (χ2v) is 5.07. The largest absolute Gasteiger partial charge is 0.313 e. The first kappa shape index (κ1) is 14.7. The standard InChI is InChI=1S/C17H19F2N/c1-11-5-4-6-15(12(11)2)17(20-3)9-13-7-8-14(18)10-16(13)19/h4-8,10,17,20H,9H2,1-3H3. The van der Waals surface area contributed by atoms with Crippen LogP contribution in [-0.2, 0) is 6.42 Å². The van der Waals surface area contributed by atoms with Crippen molar-refractivity contribution < 1.29 is 8.78 Å². The fourth-order valence-corrected chi connectivity index (χ4v) is 2.43. The molecular formula is C17H19F2N. The Bertz CT molecular complexity index is 608. The Balaban J connectivity index is 2.31. The maximum Gasteiger partial charge on any atom is 0.129 e. The Labute approximate surface area is 118 Å². The van der Waals surface area contributed by atoms with Gasteiger partial charge in [0.25, 0.3) is 0 Å². The summed E-state index contributed by atoms with van der Waals surface area (Å²) in [5, 5.41) is 3.22. The molecule has 0 saturated heterocycles. The summed E-state index contributed by atoms with van der Waals surface area (Å²) < 4.78 is 26.7. The second kappa shape index (κ2) is 6.14. The zero-order valence-electron chi connectivity index (χ0n) is 12.0. The van der Waals surface area contributed by atoms with E-state index in [0.29, 0.717) is 12.0 Å². The molecule has 0 fully saturated rings. The number of hydrogen-bond donors (Lipinski definition) is 1. The zero-order chi connectivity index (χ0) is 14.7. The van der Waals surface area contributed by atoms with Crippen LogP contribution < -0.4 is 5.32 Å². The van der Waals surface area contributed by atoms with Crippen molar-refractivity contribution in [3.05, 3.63) is 70.3 Å². The SMILES string of the molecule is CNC(Cc1ccc(F)cc1F)c1cccc(C)c1C. The van der Waals surface area contributed by atoms with E-state index in [1.165, 1.54) is 23.3 Å². The number of nitrogens with one attached hydrogen (secondary N) is 1. The molecule has 1 unspecified atom stereocenters. The molecule has 0 saturated carbocycles. The van der Waals surface area contributed by atoms with E-state index in [4.69, 9.17) is 0 Å². The van der Waals surface area contributed by atoms with E-state index in [-0.39, 0.29) is 6.04 Å². The van der Waals surface area contributed by atoms with E-state index in [2.05, 4.69) is 25.2 Å². The molecule has 2 aromatic carbocycles. The zero-order valence-corrected chi connectivity index (χ0v) is 12.0. The van der Waals surface area contributed by atoms with Crippen molar-refractivity contribution in [1.82, 2.24) is 5.32 Å². The number of benzene rings is 2. The molecule has 0 spiro atoms. The second-order valence-electron chi connectivity index (χ2n) is 5.07. The van der Waals surface area contributed by atoms with E-state index < -0.39 is 11.6 Å². The van der Waals surface area contributed by atoms with Gasteiger partial charge >= 0.3 is 0 Å². The highest BCUT2D eigenvalue weighted by Gasteiger charge is 2.15. The molecule has 0 aromatic heterocycles. The smallest absolute Gasteiger partial charge is 0.129 e. The number of rotatable bonds is 4. The van der Waals surface area contributed by atoms with Crippen molar-refractivity contribution in [2.45, 2.75) is 26.3 Å². The van der Waals surface area contributed by atoms with Gasteiger partial charge in [-0.05, 0) is 55.6 Å². The van der Waals surface area contributed by atoms with Gasteiger partial charge in [-0.25, -0.2) is 8.78 Å². The quantitative estimate of drug-likeness (QED) is 0.886. The van der Waals surface area contributed by atoms with Crippen molar-refractivity contribution >= 4 is 0 Å². The Morgan fingerprint density at radius 2 is 1.85 bits per heavy atom. The molecule has 0 aliphatic carbocycles. The van der Waals surface area contributed by atoms with Crippen molar-refractivity contribution in [2.24, 2.45) is 0 Å². The lowest BCUT2D eigenvalue weighted by molar-refractivity contribution is 0.539. The summed E-state index contributed by atoms with van der Waals surface area (Å²) in [6.07, 6.45) is 0.493. The van der Waals surface area contributed by atoms with E-state index in [9.17, 15) is 8.78 Å². The average Bonchev–Trinajstić information content (AvgIpc) is 2.42. The molecule has 2 rings (SSSR count). The van der Waals surface area contributed by atoms with Crippen LogP contribution in [0.3, 0.4) is 0 Å². The van der Waals surface area contributed by atoms with Crippen molar-refractivity contribution in [3.63, 3.8) is 0 Å². The average molecular weight is 275 g/mol. The molecule has 0 heterocycles. The number of aryl methyl sites for hydroxylation is 1. The Morgan fingerprint density at radius 1 is 1.10 bits per heavy atom. The minimum Gasteiger partial charge on any atom is -0.313 e. The first-order valence-corrected chi connectivity index (χ1v) is 6.70. The van der Waals surface area contributed by atoms with E-state index in [1.54, 1.807) is 0 Å². The highest BCUT2D eigenvalue weighted by atomic mass is 19.1. The van der Waals surface area contributed by atoms with Gasteiger partial charge in [0.1, 0.15) is 11.6 Å². The molecule has 3 heteroatoms. The van der Waals surface area contributed by atoms with Crippen LogP contribution in [-0.4, -0.2) is 7.05 Å². The summed E-state index contributed by atoms with van der Waals surface area (Å²) >= 11 is 0. The van der Waals surface area contributed by atoms with Gasteiger partial charge in [0.15, 0.2) is 0 Å². The molecule has 0 aliphatic heterocycles. The van der Waals surface area contributed by atoms with E-state index in [0.717, 1.165) is 11.6 Å². The van der Waals surface area contributed by atoms with Crippen LogP contribution in [0.15, 0.2) is 36.4 Å². The molecular weight excluding hydrogens is 256 g/mol. The summed E-state index contributed by atoms with van der Waals surface area (Å²) in [6, 6.07) is 9.87. The van der Waals surface area contributed by atoms with Gasteiger partial charge in [-0.1, -0.05) is 24.3 Å². The van der Waals surface area contributed by atoms with Gasteiger partial charge in [-0.3, -0.25) is 0 Å². The lowest BCUT2D eigenvalue weighted by Crippen LogP contribution is -2.20. The molecule has 106 valence electrons. The van der Waals surface area contributed by atoms with Gasteiger partial charge in [0, 0.05) is 12.1 Å². The Morgan fingerprint density at radius 3 is 2.50 bits per heavy atom. The third-order valence-electron chi connectivity index (χ3n) is 3.81. The molecule has 0 aliphatic rings. The van der Waals surface area contributed by atoms with E-state index in [1.807, 2.05) is 19.2 Å². The van der Waals surface area contributed by atoms with Gasteiger partial charge in [0.2, 0.25) is 0 Å². The van der Waals surface area contributed by atoms with Crippen molar-refractivity contribution in [2.75, 3.05) is 7.05 Å². The highest BCUT2D eigenvalue weighted by molar-refractivity contribution is 5.36. The van der Waals surface area contributed by atoms with Crippen LogP contribution in [0.1, 0.15) is 28.3 Å². The lowest BCUT2D eigenvalue weighted by Gasteiger charge is -2.20. The molecule has 1 N–H and O–H groups in total. The fourth-order valence-electron chi connectivity index (χ4n) is 2.43. The van der Waals surface area contributed by atoms with Crippen LogP contribution in [0.2, 0.25) is 0 Å². The third-order valence-corrected chi connectivity index (χ3v) is 3.81. The Kier molecular flexibility index (Phi) is 4.50. The predicted molar refractivity (Wildman–Crippen MR) is 77.8 cm³/mol. The molecule has 1 atom stereocenters. The molecule has 20 heavy (non-hydrogen) atoms. The Hall–Kier alpha value is -1.74. The van der Waals surface area contributed by atoms with Crippen LogP contribution in [0, 0.1) is 25.5 Å². The summed E-state index contributed by atoms with van der Waals surface area (Å²) in [4.78, 5) is 0. The van der Waals surface area contributed by atoms with Crippen LogP contribution in [0.4, 0.5) is 8.78 Å². The minimum absolute atomic E-state index is 0.00913. The van der Waals surface area contributed by atoms with Gasteiger partial charge < -0.3 is 5.32 Å². The topological polar surface area (TPSA) is 12.0 Å². The molecule has 0 amide bonds. The minimum atomic E-state index is -0.543. The normalized spacial score (nSPS) is 12.4. The predicted octanol–water partition coefficient (Wildman–Crippen LogP) is 4.08. The summed E-state index contributed by atoms with van der Waals surface area (Å²) in [6.45, 7) is 4.13. The molecule has 0 bridgehead atoms. The van der Waals surface area contributed by atoms with Crippen LogP contribution >= 0.6 is 0 Å². The fraction of sp³-hybridized carbons (Fsp3) is 0.294. The van der Waals surface area contributed by atoms with Gasteiger partial charge in [-0.15, -0.1) is 0 Å². The van der Waals surface area contributed by atoms with Crippen LogP contribution in [0.25, 0.3) is 0 Å². The van der Waals surface area contributed by atoms with Crippen LogP contribution in [0.5, 0.6) is 0 Å². The first-order chi connectivity index (χ1) is 9.52. The summed E-state index contributed by atoms with van der Waals surface area (Å²) in [5.74, 6) is -1.03. The summed E-state index contributed by atoms with van der Waals surface area (Å²) in [7, 11) is 1.86. The molecule has 0 radical (unpaired) electrons. The number of likely N-dealkylation sites (N-methyl/N-ethyl adjacent to an activating group) is 1. The number of hydrogen-bond acceptors (Lipinski definition) is 1. The van der Waals surface area contributed by atoms with Gasteiger partial charge in [-0.2, -0.15) is 0 Å². The molecule has 1 nitrogen and oxygen atoms in total. The monoisotopic (exact) mass is 275 g/mol. The maximum absolute atomic E-state index is 13.8. The number of halogens is 2. The van der Waals surface area contributed by atoms with Gasteiger partial charge in [0.05, 0.1) is 0 Å².